The third-order valence-corrected chi connectivity index (χ3v) is 5.72. The minimum absolute atomic E-state index is 0.0873. The van der Waals surface area contributed by atoms with E-state index in [2.05, 4.69) is 24.3 Å². The highest BCUT2D eigenvalue weighted by molar-refractivity contribution is 7.98. The van der Waals surface area contributed by atoms with Gasteiger partial charge in [-0.3, -0.25) is 0 Å². The van der Waals surface area contributed by atoms with Gasteiger partial charge < -0.3 is 19.9 Å². The zero-order chi connectivity index (χ0) is 20.6. The summed E-state index contributed by atoms with van der Waals surface area (Å²) in [5.41, 5.74) is 0.235. The molecule has 7 nitrogen and oxygen atoms in total. The molecule has 1 saturated heterocycles. The molecule has 158 valence electrons. The number of hydrogen-bond donors (Lipinski definition) is 3. The monoisotopic (exact) mass is 443 g/mol. The molecule has 2 heterocycles. The van der Waals surface area contributed by atoms with Gasteiger partial charge in [-0.2, -0.15) is 4.98 Å². The van der Waals surface area contributed by atoms with Crippen LogP contribution in [0, 0.1) is 11.6 Å². The first-order valence-electron chi connectivity index (χ1n) is 9.15. The molecule has 0 saturated carbocycles. The fraction of sp³-hybridized carbons (Fsp3) is 0.444. The number of rotatable bonds is 9. The Kier molecular flexibility index (Phi) is 8.30. The van der Waals surface area contributed by atoms with E-state index in [1.54, 1.807) is 13.0 Å². The van der Waals surface area contributed by atoms with Crippen molar-refractivity contribution < 1.29 is 18.6 Å². The van der Waals surface area contributed by atoms with Crippen LogP contribution < -0.4 is 14.8 Å². The van der Waals surface area contributed by atoms with Crippen molar-refractivity contribution in [1.82, 2.24) is 19.6 Å². The Bertz CT molecular complexity index is 810. The highest BCUT2D eigenvalue weighted by atomic mass is 32.2. The number of nitrogens with zero attached hydrogens (tertiary/aromatic N) is 3. The molecular weight excluding hydrogens is 420 g/mol. The molecule has 3 rings (SSSR count). The van der Waals surface area contributed by atoms with Crippen LogP contribution in [0.3, 0.4) is 0 Å². The van der Waals surface area contributed by atoms with Gasteiger partial charge in [0.05, 0.1) is 6.10 Å². The van der Waals surface area contributed by atoms with Crippen LogP contribution in [-0.2, 0) is 5.75 Å². The second-order valence-electron chi connectivity index (χ2n) is 6.41. The molecular formula is C18H23F2N5O2S2. The predicted molar refractivity (Wildman–Crippen MR) is 111 cm³/mol. The van der Waals surface area contributed by atoms with Crippen LogP contribution in [-0.4, -0.2) is 58.3 Å². The molecule has 11 heteroatoms. The van der Waals surface area contributed by atoms with Crippen molar-refractivity contribution in [2.75, 3.05) is 37.5 Å². The Morgan fingerprint density at radius 1 is 1.31 bits per heavy atom. The number of hydrogen-bond acceptors (Lipinski definition) is 9. The Morgan fingerprint density at radius 3 is 2.86 bits per heavy atom. The molecule has 29 heavy (non-hydrogen) atoms. The molecule has 3 N–H and O–H groups in total. The van der Waals surface area contributed by atoms with Gasteiger partial charge in [0.1, 0.15) is 12.4 Å². The molecule has 0 spiro atoms. The molecule has 1 aromatic heterocycles. The first-order chi connectivity index (χ1) is 14.0. The van der Waals surface area contributed by atoms with Gasteiger partial charge in [-0.25, -0.2) is 18.1 Å². The van der Waals surface area contributed by atoms with Crippen molar-refractivity contribution >= 4 is 29.7 Å². The highest BCUT2D eigenvalue weighted by Crippen LogP contribution is 2.27. The number of aliphatic hydroxyl groups excluding tert-OH is 1. The maximum atomic E-state index is 13.9. The Morgan fingerprint density at radius 2 is 2.10 bits per heavy atom. The summed E-state index contributed by atoms with van der Waals surface area (Å²) in [6.45, 7) is 5.33. The van der Waals surface area contributed by atoms with Gasteiger partial charge in [-0.15, -0.1) is 0 Å². The van der Waals surface area contributed by atoms with Crippen LogP contribution in [0.2, 0.25) is 0 Å². The third kappa shape index (κ3) is 6.96. The van der Waals surface area contributed by atoms with E-state index in [9.17, 15) is 13.9 Å². The Labute approximate surface area is 176 Å². The zero-order valence-electron chi connectivity index (χ0n) is 15.9. The van der Waals surface area contributed by atoms with Crippen molar-refractivity contribution in [3.05, 3.63) is 41.5 Å². The smallest absolute Gasteiger partial charge is 0.219 e. The minimum atomic E-state index is -0.882. The minimum Gasteiger partial charge on any atom is -0.475 e. The largest absolute Gasteiger partial charge is 0.475 e. The topological polar surface area (TPSA) is 82.5 Å². The molecule has 1 aliphatic heterocycles. The first-order valence-corrected chi connectivity index (χ1v) is 10.9. The van der Waals surface area contributed by atoms with E-state index in [0.717, 1.165) is 32.2 Å². The molecule has 0 amide bonds. The number of halogens is 2. The molecule has 0 unspecified atom stereocenters. The van der Waals surface area contributed by atoms with Gasteiger partial charge in [0.25, 0.3) is 0 Å². The van der Waals surface area contributed by atoms with Gasteiger partial charge in [-0.1, -0.05) is 23.9 Å². The number of anilines is 1. The van der Waals surface area contributed by atoms with Crippen LogP contribution in [0.15, 0.2) is 29.4 Å². The van der Waals surface area contributed by atoms with E-state index in [4.69, 9.17) is 4.74 Å². The fourth-order valence-corrected chi connectivity index (χ4v) is 3.97. The average molecular weight is 444 g/mol. The Hall–Kier alpha value is -1.66. The lowest BCUT2D eigenvalue weighted by Crippen LogP contribution is -2.40. The van der Waals surface area contributed by atoms with Gasteiger partial charge in [0.2, 0.25) is 5.88 Å². The van der Waals surface area contributed by atoms with Crippen LogP contribution in [0.4, 0.5) is 14.6 Å². The average Bonchev–Trinajstić information content (AvgIpc) is 2.72. The van der Waals surface area contributed by atoms with Crippen molar-refractivity contribution in [1.29, 1.82) is 0 Å². The maximum absolute atomic E-state index is 13.9. The lowest BCUT2D eigenvalue weighted by atomic mass is 10.2. The lowest BCUT2D eigenvalue weighted by Gasteiger charge is -2.25. The first kappa shape index (κ1) is 22.0. The second kappa shape index (κ2) is 10.9. The molecule has 0 radical (unpaired) electrons. The highest BCUT2D eigenvalue weighted by Gasteiger charge is 2.14. The number of piperazine rings is 1. The fourth-order valence-electron chi connectivity index (χ4n) is 2.45. The quantitative estimate of drug-likeness (QED) is 0.308. The molecule has 0 bridgehead atoms. The summed E-state index contributed by atoms with van der Waals surface area (Å²) in [6, 6.07) is 5.72. The standard InChI is InChI=1S/C18H23F2N5O2S2/c1-12(26)10-27-16-9-15(24-29-25-7-5-21-6-8-25)22-18(23-16)28-11-13-3-2-4-14(19)17(13)20/h2-4,9,12,21,26H,5-8,10-11H2,1H3,(H,22,23,24)/t12-/m1/s1. The van der Waals surface area contributed by atoms with Gasteiger partial charge in [0, 0.05) is 55.7 Å². The molecule has 1 atom stereocenters. The summed E-state index contributed by atoms with van der Waals surface area (Å²) in [4.78, 5) is 8.73. The lowest BCUT2D eigenvalue weighted by molar-refractivity contribution is 0.119. The predicted octanol–water partition coefficient (Wildman–Crippen LogP) is 2.69. The SMILES string of the molecule is C[C@@H](O)COc1cc(NSN2CCNCC2)nc(SCc2cccc(F)c2F)n1. The van der Waals surface area contributed by atoms with Gasteiger partial charge in [0.15, 0.2) is 16.8 Å². The molecule has 1 aromatic carbocycles. The number of benzene rings is 1. The van der Waals surface area contributed by atoms with E-state index < -0.39 is 17.7 Å². The third-order valence-electron chi connectivity index (χ3n) is 3.90. The van der Waals surface area contributed by atoms with Crippen molar-refractivity contribution in [3.8, 4) is 5.88 Å². The van der Waals surface area contributed by atoms with Crippen molar-refractivity contribution in [2.24, 2.45) is 0 Å². The number of aromatic nitrogens is 2. The Balaban J connectivity index is 1.69. The van der Waals surface area contributed by atoms with Gasteiger partial charge >= 0.3 is 0 Å². The molecule has 1 fully saturated rings. The summed E-state index contributed by atoms with van der Waals surface area (Å²) in [5.74, 6) is -0.742. The summed E-state index contributed by atoms with van der Waals surface area (Å²) < 4.78 is 38.2. The van der Waals surface area contributed by atoms with E-state index >= 15 is 0 Å². The normalized spacial score (nSPS) is 15.9. The summed E-state index contributed by atoms with van der Waals surface area (Å²) in [6.07, 6.45) is -0.644. The molecule has 1 aliphatic rings. The molecule has 0 aliphatic carbocycles. The van der Waals surface area contributed by atoms with Crippen LogP contribution in [0.1, 0.15) is 12.5 Å². The van der Waals surface area contributed by atoms with E-state index in [1.807, 2.05) is 0 Å². The van der Waals surface area contributed by atoms with Crippen molar-refractivity contribution in [3.63, 3.8) is 0 Å². The van der Waals surface area contributed by atoms with E-state index in [1.165, 1.54) is 36.0 Å². The van der Waals surface area contributed by atoms with Crippen LogP contribution >= 0.6 is 23.9 Å². The zero-order valence-corrected chi connectivity index (χ0v) is 17.5. The number of thioether (sulfide) groups is 1. The number of nitrogens with one attached hydrogen (secondary N) is 2. The molecule has 2 aromatic rings. The summed E-state index contributed by atoms with van der Waals surface area (Å²) in [5, 5.41) is 13.1. The second-order valence-corrected chi connectivity index (χ2v) is 8.25. The number of aliphatic hydroxyl groups is 1. The number of ether oxygens (including phenoxy) is 1. The van der Waals surface area contributed by atoms with E-state index in [-0.39, 0.29) is 17.9 Å². The maximum Gasteiger partial charge on any atom is 0.219 e. The van der Waals surface area contributed by atoms with E-state index in [0.29, 0.717) is 16.9 Å². The van der Waals surface area contributed by atoms with Crippen molar-refractivity contribution in [2.45, 2.75) is 23.9 Å². The van der Waals surface area contributed by atoms with Crippen LogP contribution in [0.5, 0.6) is 5.88 Å². The van der Waals surface area contributed by atoms with Gasteiger partial charge in [-0.05, 0) is 13.0 Å². The van der Waals surface area contributed by atoms with Crippen LogP contribution in [0.25, 0.3) is 0 Å². The summed E-state index contributed by atoms with van der Waals surface area (Å²) >= 11 is 2.62. The summed E-state index contributed by atoms with van der Waals surface area (Å²) in [7, 11) is 0.